The van der Waals surface area contributed by atoms with E-state index in [1.165, 1.54) is 0 Å². The zero-order chi connectivity index (χ0) is 24.0. The number of nitro benzene ring substituents is 2. The van der Waals surface area contributed by atoms with Gasteiger partial charge in [0.2, 0.25) is 0 Å². The molecule has 0 saturated carbocycles. The normalized spacial score (nSPS) is 12.1. The Morgan fingerprint density at radius 2 is 1.26 bits per heavy atom. The van der Waals surface area contributed by atoms with E-state index in [1.807, 2.05) is 0 Å². The minimum atomic E-state index is -5.47. The molecule has 2 aromatic rings. The van der Waals surface area contributed by atoms with Gasteiger partial charge in [0, 0.05) is 6.07 Å². The average Bonchev–Trinajstić information content (AvgIpc) is 2.61. The standard InChI is InChI=1S/C14H3Cl4F6N3O4/c15-7-6(14(22,23)24)12(10(18)9(17)8(7)16)25-11-4(13(19,20)21)1-3(26(28)29)2-5(11)27(30)31/h1-2,25H. The lowest BCUT2D eigenvalue weighted by Crippen LogP contribution is -2.15. The smallest absolute Gasteiger partial charge is 0.348 e. The highest BCUT2D eigenvalue weighted by Crippen LogP contribution is 2.53. The largest absolute Gasteiger partial charge is 0.419 e. The molecule has 7 nitrogen and oxygen atoms in total. The first kappa shape index (κ1) is 25.0. The van der Waals surface area contributed by atoms with Crippen molar-refractivity contribution in [3.8, 4) is 0 Å². The number of anilines is 2. The lowest BCUT2D eigenvalue weighted by molar-refractivity contribution is -0.394. The Bertz CT molecular complexity index is 1110. The van der Waals surface area contributed by atoms with Gasteiger partial charge in [-0.2, -0.15) is 26.3 Å². The van der Waals surface area contributed by atoms with Crippen LogP contribution >= 0.6 is 46.4 Å². The fourth-order valence-electron chi connectivity index (χ4n) is 2.36. The molecule has 0 unspecified atom stereocenters. The summed E-state index contributed by atoms with van der Waals surface area (Å²) >= 11 is 22.5. The lowest BCUT2D eigenvalue weighted by atomic mass is 10.1. The zero-order valence-electron chi connectivity index (χ0n) is 14.0. The Kier molecular flexibility index (Phi) is 6.76. The predicted octanol–water partition coefficient (Wildman–Crippen LogP) is 7.90. The molecular weight excluding hydrogens is 530 g/mol. The molecule has 0 bridgehead atoms. The van der Waals surface area contributed by atoms with E-state index >= 15 is 0 Å². The van der Waals surface area contributed by atoms with Crippen molar-refractivity contribution in [2.24, 2.45) is 0 Å². The maximum absolute atomic E-state index is 13.5. The molecule has 168 valence electrons. The van der Waals surface area contributed by atoms with Crippen LogP contribution in [0.1, 0.15) is 11.1 Å². The molecule has 0 aliphatic heterocycles. The Morgan fingerprint density at radius 1 is 0.742 bits per heavy atom. The van der Waals surface area contributed by atoms with Crippen molar-refractivity contribution in [3.63, 3.8) is 0 Å². The van der Waals surface area contributed by atoms with E-state index in [0.717, 1.165) is 0 Å². The van der Waals surface area contributed by atoms with Crippen LogP contribution in [-0.4, -0.2) is 9.85 Å². The Balaban J connectivity index is 2.98. The molecule has 17 heteroatoms. The van der Waals surface area contributed by atoms with Crippen LogP contribution in [0.5, 0.6) is 0 Å². The second-order valence-corrected chi connectivity index (χ2v) is 7.04. The molecule has 31 heavy (non-hydrogen) atoms. The summed E-state index contributed by atoms with van der Waals surface area (Å²) in [5.74, 6) is 0. The third kappa shape index (κ3) is 4.84. The minimum absolute atomic E-state index is 0.102. The van der Waals surface area contributed by atoms with Gasteiger partial charge in [0.25, 0.3) is 11.4 Å². The van der Waals surface area contributed by atoms with Crippen molar-refractivity contribution in [3.05, 3.63) is 63.6 Å². The van der Waals surface area contributed by atoms with Crippen LogP contribution in [0.2, 0.25) is 20.1 Å². The topological polar surface area (TPSA) is 98.3 Å². The van der Waals surface area contributed by atoms with E-state index in [1.54, 1.807) is 5.32 Å². The molecule has 0 fully saturated rings. The number of non-ortho nitro benzene ring substituents is 1. The number of hydrogen-bond acceptors (Lipinski definition) is 5. The van der Waals surface area contributed by atoms with Gasteiger partial charge in [-0.3, -0.25) is 20.2 Å². The van der Waals surface area contributed by atoms with Crippen LogP contribution in [0, 0.1) is 20.2 Å². The van der Waals surface area contributed by atoms with E-state index in [4.69, 9.17) is 46.4 Å². The number of alkyl halides is 6. The van der Waals surface area contributed by atoms with Gasteiger partial charge in [0.15, 0.2) is 0 Å². The van der Waals surface area contributed by atoms with Crippen molar-refractivity contribution in [2.45, 2.75) is 12.4 Å². The maximum Gasteiger partial charge on any atom is 0.419 e. The van der Waals surface area contributed by atoms with Gasteiger partial charge in [-0.05, 0) is 0 Å². The highest BCUT2D eigenvalue weighted by molar-refractivity contribution is 6.53. The number of halogens is 10. The van der Waals surface area contributed by atoms with Crippen LogP contribution in [0.3, 0.4) is 0 Å². The van der Waals surface area contributed by atoms with Gasteiger partial charge in [0.1, 0.15) is 11.3 Å². The fraction of sp³-hybridized carbons (Fsp3) is 0.143. The van der Waals surface area contributed by atoms with E-state index < -0.39 is 76.2 Å². The summed E-state index contributed by atoms with van der Waals surface area (Å²) in [6.07, 6.45) is -10.8. The van der Waals surface area contributed by atoms with Crippen LogP contribution in [0.25, 0.3) is 0 Å². The summed E-state index contributed by atoms with van der Waals surface area (Å²) in [5, 5.41) is 19.8. The molecule has 0 saturated heterocycles. The molecule has 0 heterocycles. The second kappa shape index (κ2) is 8.37. The van der Waals surface area contributed by atoms with E-state index in [2.05, 4.69) is 0 Å². The maximum atomic E-state index is 13.5. The van der Waals surface area contributed by atoms with Crippen molar-refractivity contribution in [1.82, 2.24) is 0 Å². The molecule has 0 amide bonds. The quantitative estimate of drug-likeness (QED) is 0.142. The van der Waals surface area contributed by atoms with Gasteiger partial charge in [-0.1, -0.05) is 46.4 Å². The first-order valence-corrected chi connectivity index (χ1v) is 8.73. The van der Waals surface area contributed by atoms with Crippen molar-refractivity contribution >= 4 is 69.2 Å². The summed E-state index contributed by atoms with van der Waals surface area (Å²) in [6.45, 7) is 0. The van der Waals surface area contributed by atoms with Crippen LogP contribution in [0.4, 0.5) is 49.1 Å². The molecule has 1 N–H and O–H groups in total. The molecular formula is C14H3Cl4F6N3O4. The molecule has 2 aromatic carbocycles. The molecule has 0 aliphatic carbocycles. The number of nitrogens with one attached hydrogen (secondary N) is 1. The summed E-state index contributed by atoms with van der Waals surface area (Å²) in [4.78, 5) is 19.3. The van der Waals surface area contributed by atoms with E-state index in [9.17, 15) is 46.6 Å². The number of nitro groups is 2. The molecule has 0 aliphatic rings. The zero-order valence-corrected chi connectivity index (χ0v) is 17.0. The fourth-order valence-corrected chi connectivity index (χ4v) is 3.36. The summed E-state index contributed by atoms with van der Waals surface area (Å²) in [5.41, 5.74) is -9.72. The third-order valence-electron chi connectivity index (χ3n) is 3.62. The Labute approximate surface area is 186 Å². The Morgan fingerprint density at radius 3 is 1.68 bits per heavy atom. The molecule has 0 radical (unpaired) electrons. The van der Waals surface area contributed by atoms with Gasteiger partial charge >= 0.3 is 12.4 Å². The summed E-state index contributed by atoms with van der Waals surface area (Å²) in [6, 6.07) is 0.0213. The summed E-state index contributed by atoms with van der Waals surface area (Å²) in [7, 11) is 0. The number of nitrogens with zero attached hydrogens (tertiary/aromatic N) is 2. The monoisotopic (exact) mass is 531 g/mol. The van der Waals surface area contributed by atoms with Gasteiger partial charge in [-0.25, -0.2) is 0 Å². The molecule has 0 atom stereocenters. The average molecular weight is 533 g/mol. The lowest BCUT2D eigenvalue weighted by Gasteiger charge is -2.21. The van der Waals surface area contributed by atoms with E-state index in [0.29, 0.717) is 0 Å². The molecule has 0 spiro atoms. The number of benzene rings is 2. The minimum Gasteiger partial charge on any atom is -0.348 e. The summed E-state index contributed by atoms with van der Waals surface area (Å²) < 4.78 is 81.1. The number of rotatable bonds is 4. The predicted molar refractivity (Wildman–Crippen MR) is 99.5 cm³/mol. The third-order valence-corrected chi connectivity index (χ3v) is 5.42. The first-order chi connectivity index (χ1) is 14.0. The van der Waals surface area contributed by atoms with Crippen LogP contribution in [-0.2, 0) is 12.4 Å². The molecule has 2 rings (SSSR count). The SMILES string of the molecule is O=[N+]([O-])c1cc([N+](=O)[O-])c(Nc2c(Cl)c(Cl)c(Cl)c(Cl)c2C(F)(F)F)c(C(F)(F)F)c1. The van der Waals surface area contributed by atoms with Gasteiger partial charge in [0.05, 0.1) is 47.3 Å². The van der Waals surface area contributed by atoms with Gasteiger partial charge < -0.3 is 5.32 Å². The highest BCUT2D eigenvalue weighted by atomic mass is 35.5. The number of hydrogen-bond donors (Lipinski definition) is 1. The molecule has 0 aromatic heterocycles. The van der Waals surface area contributed by atoms with Crippen molar-refractivity contribution in [2.75, 3.05) is 5.32 Å². The highest BCUT2D eigenvalue weighted by Gasteiger charge is 2.43. The van der Waals surface area contributed by atoms with Gasteiger partial charge in [-0.15, -0.1) is 0 Å². The Hall–Kier alpha value is -2.22. The second-order valence-electron chi connectivity index (χ2n) is 5.53. The van der Waals surface area contributed by atoms with Crippen LogP contribution < -0.4 is 5.32 Å². The van der Waals surface area contributed by atoms with Crippen molar-refractivity contribution < 1.29 is 36.2 Å². The van der Waals surface area contributed by atoms with Crippen LogP contribution in [0.15, 0.2) is 12.1 Å². The van der Waals surface area contributed by atoms with Crippen molar-refractivity contribution in [1.29, 1.82) is 0 Å². The first-order valence-electron chi connectivity index (χ1n) is 7.22. The van der Waals surface area contributed by atoms with E-state index in [-0.39, 0.29) is 12.1 Å².